The Morgan fingerprint density at radius 3 is 2.70 bits per heavy atom. The first-order chi connectivity index (χ1) is 12.8. The summed E-state index contributed by atoms with van der Waals surface area (Å²) in [7, 11) is 0. The number of hydrogen-bond donors (Lipinski definition) is 1. The molecule has 0 bridgehead atoms. The average Bonchev–Trinajstić information content (AvgIpc) is 2.61. The summed E-state index contributed by atoms with van der Waals surface area (Å²) in [4.78, 5) is 34.3. The van der Waals surface area contributed by atoms with Crippen LogP contribution in [0.2, 0.25) is 0 Å². The fourth-order valence-electron chi connectivity index (χ4n) is 2.61. The van der Waals surface area contributed by atoms with Gasteiger partial charge in [-0.3, -0.25) is 14.9 Å². The van der Waals surface area contributed by atoms with Crippen molar-refractivity contribution < 1.29 is 18.9 Å². The molecule has 0 saturated heterocycles. The number of carbonyl (C=O) groups excluding carboxylic acids is 1. The molecule has 0 aliphatic carbocycles. The summed E-state index contributed by atoms with van der Waals surface area (Å²) in [6.45, 7) is 3.31. The van der Waals surface area contributed by atoms with E-state index in [-0.39, 0.29) is 11.4 Å². The highest BCUT2D eigenvalue weighted by atomic mass is 16.6. The molecule has 3 rings (SSSR count). The number of fused-ring (bicyclic) bond motifs is 1. The Hall–Kier alpha value is -3.68. The fraction of sp³-hybridized carbons (Fsp3) is 0.158. The number of nitro benzene ring substituents is 1. The minimum Gasteiger partial charge on any atom is -0.481 e. The summed E-state index contributed by atoms with van der Waals surface area (Å²) < 4.78 is 10.7. The van der Waals surface area contributed by atoms with Crippen LogP contribution in [-0.2, 0) is 4.79 Å². The van der Waals surface area contributed by atoms with E-state index in [1.165, 1.54) is 37.3 Å². The molecule has 138 valence electrons. The van der Waals surface area contributed by atoms with Crippen LogP contribution in [0.4, 0.5) is 11.4 Å². The van der Waals surface area contributed by atoms with E-state index in [0.717, 1.165) is 10.9 Å². The first-order valence-corrected chi connectivity index (χ1v) is 8.10. The number of rotatable bonds is 5. The van der Waals surface area contributed by atoms with E-state index in [2.05, 4.69) is 5.32 Å². The number of aryl methyl sites for hydroxylation is 1. The van der Waals surface area contributed by atoms with Gasteiger partial charge in [-0.1, -0.05) is 12.1 Å². The largest absolute Gasteiger partial charge is 0.481 e. The van der Waals surface area contributed by atoms with Gasteiger partial charge in [-0.05, 0) is 37.6 Å². The highest BCUT2D eigenvalue weighted by Crippen LogP contribution is 2.25. The zero-order valence-corrected chi connectivity index (χ0v) is 14.6. The number of amides is 1. The second-order valence-electron chi connectivity index (χ2n) is 5.93. The molecule has 1 N–H and O–H groups in total. The monoisotopic (exact) mass is 368 g/mol. The van der Waals surface area contributed by atoms with E-state index >= 15 is 0 Å². The molecule has 8 nitrogen and oxygen atoms in total. The van der Waals surface area contributed by atoms with Gasteiger partial charge in [0.2, 0.25) is 0 Å². The Bertz CT molecular complexity index is 1090. The van der Waals surface area contributed by atoms with Crippen molar-refractivity contribution in [2.75, 3.05) is 5.32 Å². The first kappa shape index (κ1) is 18.1. The van der Waals surface area contributed by atoms with Crippen LogP contribution in [0.1, 0.15) is 12.5 Å². The minimum atomic E-state index is -0.932. The minimum absolute atomic E-state index is 0.0862. The van der Waals surface area contributed by atoms with E-state index in [4.69, 9.17) is 9.15 Å². The summed E-state index contributed by atoms with van der Waals surface area (Å²) in [5.74, 6) is -0.212. The van der Waals surface area contributed by atoms with Gasteiger partial charge in [0.05, 0.1) is 4.92 Å². The van der Waals surface area contributed by atoms with Gasteiger partial charge in [-0.25, -0.2) is 4.79 Å². The van der Waals surface area contributed by atoms with Crippen LogP contribution < -0.4 is 15.7 Å². The molecule has 1 aromatic heterocycles. The van der Waals surface area contributed by atoms with Gasteiger partial charge in [-0.15, -0.1) is 0 Å². The Kier molecular flexibility index (Phi) is 4.89. The number of anilines is 1. The molecule has 27 heavy (non-hydrogen) atoms. The van der Waals surface area contributed by atoms with Crippen molar-refractivity contribution in [1.82, 2.24) is 0 Å². The summed E-state index contributed by atoms with van der Waals surface area (Å²) in [6, 6.07) is 12.1. The Labute approximate surface area is 153 Å². The first-order valence-electron chi connectivity index (χ1n) is 8.10. The van der Waals surface area contributed by atoms with Gasteiger partial charge < -0.3 is 14.5 Å². The molecule has 0 radical (unpaired) electrons. The number of nitrogens with one attached hydrogen (secondary N) is 1. The summed E-state index contributed by atoms with van der Waals surface area (Å²) >= 11 is 0. The third-order valence-corrected chi connectivity index (χ3v) is 3.96. The molecule has 1 heterocycles. The standard InChI is InChI=1S/C19H16N2O6/c1-11-9-18(22)27-17-10-13(7-8-14(11)17)26-12(2)19(23)20-15-5-3-4-6-16(15)21(24)25/h3-10,12H,1-2H3,(H,20,23)/t12-/m1/s1. The lowest BCUT2D eigenvalue weighted by atomic mass is 10.1. The number of nitro groups is 1. The summed E-state index contributed by atoms with van der Waals surface area (Å²) in [5, 5.41) is 14.3. The normalized spacial score (nSPS) is 11.8. The SMILES string of the molecule is Cc1cc(=O)oc2cc(O[C@H](C)C(=O)Nc3ccccc3[N+](=O)[O-])ccc12. The molecule has 8 heteroatoms. The molecule has 0 aliphatic heterocycles. The topological polar surface area (TPSA) is 112 Å². The summed E-state index contributed by atoms with van der Waals surface area (Å²) in [6.07, 6.45) is -0.932. The third kappa shape index (κ3) is 3.95. The van der Waals surface area contributed by atoms with E-state index in [0.29, 0.717) is 11.3 Å². The quantitative estimate of drug-likeness (QED) is 0.419. The number of ether oxygens (including phenoxy) is 1. The van der Waals surface area contributed by atoms with Gasteiger partial charge in [0.25, 0.3) is 11.6 Å². The van der Waals surface area contributed by atoms with Crippen molar-refractivity contribution in [3.05, 3.63) is 74.6 Å². The lowest BCUT2D eigenvalue weighted by Crippen LogP contribution is -2.30. The van der Waals surface area contributed by atoms with Gasteiger partial charge >= 0.3 is 5.63 Å². The van der Waals surface area contributed by atoms with Crippen LogP contribution in [-0.4, -0.2) is 16.9 Å². The number of carbonyl (C=O) groups is 1. The molecular weight excluding hydrogens is 352 g/mol. The van der Waals surface area contributed by atoms with E-state index < -0.39 is 22.6 Å². The second kappa shape index (κ2) is 7.28. The Balaban J connectivity index is 1.78. The fourth-order valence-corrected chi connectivity index (χ4v) is 2.61. The number of para-hydroxylation sites is 2. The predicted molar refractivity (Wildman–Crippen MR) is 99.0 cm³/mol. The van der Waals surface area contributed by atoms with E-state index in [9.17, 15) is 19.7 Å². The maximum absolute atomic E-state index is 12.3. The molecule has 0 unspecified atom stereocenters. The molecule has 0 fully saturated rings. The van der Waals surface area contributed by atoms with Crippen molar-refractivity contribution in [3.8, 4) is 5.75 Å². The van der Waals surface area contributed by atoms with E-state index in [1.807, 2.05) is 0 Å². The molecule has 1 amide bonds. The van der Waals surface area contributed by atoms with Gasteiger partial charge in [0, 0.05) is 23.6 Å². The zero-order chi connectivity index (χ0) is 19.6. The van der Waals surface area contributed by atoms with Crippen LogP contribution in [0.15, 0.2) is 57.7 Å². The predicted octanol–water partition coefficient (Wildman–Crippen LogP) is 3.42. The number of nitrogens with zero attached hydrogens (tertiary/aromatic N) is 1. The maximum atomic E-state index is 12.3. The van der Waals surface area contributed by atoms with Crippen molar-refractivity contribution >= 4 is 28.3 Å². The van der Waals surface area contributed by atoms with Gasteiger partial charge in [0.15, 0.2) is 6.10 Å². The summed E-state index contributed by atoms with van der Waals surface area (Å²) in [5.41, 5.74) is 0.530. The zero-order valence-electron chi connectivity index (χ0n) is 14.6. The Morgan fingerprint density at radius 2 is 1.96 bits per heavy atom. The van der Waals surface area contributed by atoms with E-state index in [1.54, 1.807) is 25.1 Å². The molecule has 3 aromatic rings. The molecule has 0 spiro atoms. The van der Waals surface area contributed by atoms with Crippen LogP contribution in [0.3, 0.4) is 0 Å². The van der Waals surface area contributed by atoms with Gasteiger partial charge in [0.1, 0.15) is 17.0 Å². The van der Waals surface area contributed by atoms with Crippen molar-refractivity contribution in [1.29, 1.82) is 0 Å². The van der Waals surface area contributed by atoms with Crippen LogP contribution >= 0.6 is 0 Å². The number of hydrogen-bond acceptors (Lipinski definition) is 6. The van der Waals surface area contributed by atoms with Crippen molar-refractivity contribution in [2.45, 2.75) is 20.0 Å². The maximum Gasteiger partial charge on any atom is 0.336 e. The molecule has 1 atom stereocenters. The average molecular weight is 368 g/mol. The van der Waals surface area contributed by atoms with Crippen LogP contribution in [0.5, 0.6) is 5.75 Å². The third-order valence-electron chi connectivity index (χ3n) is 3.96. The molecule has 0 aliphatic rings. The molecular formula is C19H16N2O6. The van der Waals surface area contributed by atoms with Crippen molar-refractivity contribution in [3.63, 3.8) is 0 Å². The highest BCUT2D eigenvalue weighted by molar-refractivity contribution is 5.96. The Morgan fingerprint density at radius 1 is 1.22 bits per heavy atom. The smallest absolute Gasteiger partial charge is 0.336 e. The lowest BCUT2D eigenvalue weighted by Gasteiger charge is -2.15. The second-order valence-corrected chi connectivity index (χ2v) is 5.93. The van der Waals surface area contributed by atoms with Crippen LogP contribution in [0, 0.1) is 17.0 Å². The number of benzene rings is 2. The van der Waals surface area contributed by atoms with Crippen molar-refractivity contribution in [2.24, 2.45) is 0 Å². The van der Waals surface area contributed by atoms with Gasteiger partial charge in [-0.2, -0.15) is 0 Å². The van der Waals surface area contributed by atoms with Crippen LogP contribution in [0.25, 0.3) is 11.0 Å². The molecule has 2 aromatic carbocycles. The highest BCUT2D eigenvalue weighted by Gasteiger charge is 2.20. The lowest BCUT2D eigenvalue weighted by molar-refractivity contribution is -0.383. The molecule has 0 saturated carbocycles.